The van der Waals surface area contributed by atoms with Crippen LogP contribution in [0, 0.1) is 10.1 Å². The second kappa shape index (κ2) is 9.00. The Bertz CT molecular complexity index is 894. The van der Waals surface area contributed by atoms with Crippen LogP contribution >= 0.6 is 11.8 Å². The highest BCUT2D eigenvalue weighted by molar-refractivity contribution is 7.99. The fourth-order valence-corrected chi connectivity index (χ4v) is 3.24. The summed E-state index contributed by atoms with van der Waals surface area (Å²) in [5.74, 6) is 0.926. The summed E-state index contributed by atoms with van der Waals surface area (Å²) < 4.78 is 1.91. The van der Waals surface area contributed by atoms with Gasteiger partial charge in [-0.2, -0.15) is 0 Å². The Balaban J connectivity index is 1.40. The van der Waals surface area contributed by atoms with E-state index in [2.05, 4.69) is 10.3 Å². The highest BCUT2D eigenvalue weighted by Crippen LogP contribution is 2.16. The van der Waals surface area contributed by atoms with E-state index in [4.69, 9.17) is 0 Å². The van der Waals surface area contributed by atoms with Crippen LogP contribution in [0.15, 0.2) is 67.3 Å². The largest absolute Gasteiger partial charge is 0.351 e. The van der Waals surface area contributed by atoms with Gasteiger partial charge >= 0.3 is 0 Å². The summed E-state index contributed by atoms with van der Waals surface area (Å²) >= 11 is 1.47. The third-order valence-electron chi connectivity index (χ3n) is 3.88. The molecule has 0 fully saturated rings. The maximum Gasteiger partial charge on any atom is 0.269 e. The number of aromatic nitrogens is 2. The minimum Gasteiger partial charge on any atom is -0.351 e. The number of non-ortho nitro benzene ring substituents is 1. The number of amides is 1. The number of hydrogen-bond acceptors (Lipinski definition) is 5. The first kappa shape index (κ1) is 18.7. The Morgan fingerprint density at radius 3 is 2.44 bits per heavy atom. The number of benzene rings is 2. The molecule has 1 aromatic heterocycles. The van der Waals surface area contributed by atoms with Crippen molar-refractivity contribution >= 4 is 23.4 Å². The lowest BCUT2D eigenvalue weighted by molar-refractivity contribution is -0.384. The fourth-order valence-electron chi connectivity index (χ4n) is 2.42. The van der Waals surface area contributed by atoms with E-state index >= 15 is 0 Å². The lowest BCUT2D eigenvalue weighted by Crippen LogP contribution is -2.24. The van der Waals surface area contributed by atoms with E-state index in [0.29, 0.717) is 18.1 Å². The Morgan fingerprint density at radius 1 is 1.11 bits per heavy atom. The number of imidazole rings is 1. The molecule has 0 aliphatic rings. The van der Waals surface area contributed by atoms with Crippen LogP contribution in [0.1, 0.15) is 11.1 Å². The molecule has 0 bridgehead atoms. The molecular formula is C19H18N4O3S. The number of rotatable bonds is 8. The van der Waals surface area contributed by atoms with Gasteiger partial charge < -0.3 is 9.88 Å². The van der Waals surface area contributed by atoms with E-state index in [1.165, 1.54) is 23.9 Å². The summed E-state index contributed by atoms with van der Waals surface area (Å²) in [6, 6.07) is 14.3. The van der Waals surface area contributed by atoms with Gasteiger partial charge in [0.15, 0.2) is 0 Å². The summed E-state index contributed by atoms with van der Waals surface area (Å²) in [6.07, 6.45) is 5.33. The van der Waals surface area contributed by atoms with Crippen LogP contribution < -0.4 is 5.32 Å². The summed E-state index contributed by atoms with van der Waals surface area (Å²) in [6.45, 7) is 0.473. The van der Waals surface area contributed by atoms with Crippen molar-refractivity contribution in [1.82, 2.24) is 14.9 Å². The maximum atomic E-state index is 12.0. The molecule has 0 saturated heterocycles. The van der Waals surface area contributed by atoms with Gasteiger partial charge in [0, 0.05) is 42.5 Å². The van der Waals surface area contributed by atoms with E-state index in [0.717, 1.165) is 16.8 Å². The smallest absolute Gasteiger partial charge is 0.269 e. The lowest BCUT2D eigenvalue weighted by Gasteiger charge is -2.07. The van der Waals surface area contributed by atoms with Crippen molar-refractivity contribution in [3.8, 4) is 5.69 Å². The molecule has 1 N–H and O–H groups in total. The molecule has 8 heteroatoms. The number of nitro groups is 1. The third kappa shape index (κ3) is 5.42. The van der Waals surface area contributed by atoms with Crippen molar-refractivity contribution in [2.45, 2.75) is 12.3 Å². The van der Waals surface area contributed by atoms with E-state index in [-0.39, 0.29) is 11.6 Å². The minimum absolute atomic E-state index is 0.0411. The molecule has 0 spiro atoms. The van der Waals surface area contributed by atoms with Crippen molar-refractivity contribution in [3.05, 3.63) is 88.5 Å². The number of carbonyl (C=O) groups is 1. The first-order chi connectivity index (χ1) is 13.1. The van der Waals surface area contributed by atoms with Gasteiger partial charge in [-0.3, -0.25) is 14.9 Å². The van der Waals surface area contributed by atoms with Gasteiger partial charge in [-0.15, -0.1) is 11.8 Å². The lowest BCUT2D eigenvalue weighted by atomic mass is 10.2. The second-order valence-electron chi connectivity index (χ2n) is 5.83. The molecule has 27 heavy (non-hydrogen) atoms. The van der Waals surface area contributed by atoms with Gasteiger partial charge in [-0.1, -0.05) is 24.3 Å². The highest BCUT2D eigenvalue weighted by Gasteiger charge is 2.06. The first-order valence-electron chi connectivity index (χ1n) is 8.27. The predicted molar refractivity (Wildman–Crippen MR) is 105 cm³/mol. The van der Waals surface area contributed by atoms with Gasteiger partial charge in [-0.05, 0) is 23.3 Å². The van der Waals surface area contributed by atoms with Gasteiger partial charge in [0.25, 0.3) is 5.69 Å². The van der Waals surface area contributed by atoms with Crippen LogP contribution in [0.4, 0.5) is 5.69 Å². The summed E-state index contributed by atoms with van der Waals surface area (Å²) in [5, 5.41) is 13.5. The van der Waals surface area contributed by atoms with Crippen LogP contribution in [-0.2, 0) is 17.1 Å². The van der Waals surface area contributed by atoms with Crippen molar-refractivity contribution in [3.63, 3.8) is 0 Å². The Hall–Kier alpha value is -3.13. The molecular weight excluding hydrogens is 364 g/mol. The zero-order valence-corrected chi connectivity index (χ0v) is 15.3. The molecule has 0 aliphatic carbocycles. The molecule has 0 radical (unpaired) electrons. The second-order valence-corrected chi connectivity index (χ2v) is 6.82. The van der Waals surface area contributed by atoms with Gasteiger partial charge in [0.1, 0.15) is 0 Å². The Labute approximate surface area is 160 Å². The molecule has 0 aliphatic heterocycles. The molecule has 1 amide bonds. The Kier molecular flexibility index (Phi) is 6.22. The zero-order chi connectivity index (χ0) is 19.1. The average molecular weight is 382 g/mol. The normalized spacial score (nSPS) is 10.5. The molecule has 2 aromatic carbocycles. The third-order valence-corrected chi connectivity index (χ3v) is 4.88. The van der Waals surface area contributed by atoms with Crippen molar-refractivity contribution in [2.75, 3.05) is 5.75 Å². The van der Waals surface area contributed by atoms with E-state index in [9.17, 15) is 14.9 Å². The molecule has 1 heterocycles. The zero-order valence-electron chi connectivity index (χ0n) is 14.4. The molecule has 3 rings (SSSR count). The van der Waals surface area contributed by atoms with Crippen molar-refractivity contribution in [1.29, 1.82) is 0 Å². The number of hydrogen-bond donors (Lipinski definition) is 1. The first-order valence-corrected chi connectivity index (χ1v) is 9.42. The molecule has 0 atom stereocenters. The highest BCUT2D eigenvalue weighted by atomic mass is 32.2. The molecule has 7 nitrogen and oxygen atoms in total. The topological polar surface area (TPSA) is 90.1 Å². The van der Waals surface area contributed by atoms with Crippen molar-refractivity contribution in [2.24, 2.45) is 0 Å². The standard InChI is InChI=1S/C19H18N4O3S/c24-19(13-27-12-16-3-7-18(8-4-16)23(25)26)21-11-15-1-5-17(6-2-15)22-10-9-20-14-22/h1-10,14H,11-13H2,(H,21,24). The van der Waals surface area contributed by atoms with Crippen LogP contribution in [0.2, 0.25) is 0 Å². The fraction of sp³-hybridized carbons (Fsp3) is 0.158. The summed E-state index contributed by atoms with van der Waals surface area (Å²) in [5.41, 5.74) is 3.06. The number of nitro benzene ring substituents is 1. The van der Waals surface area contributed by atoms with Gasteiger partial charge in [0.2, 0.25) is 5.91 Å². The van der Waals surface area contributed by atoms with Crippen LogP contribution in [0.3, 0.4) is 0 Å². The number of nitrogens with zero attached hydrogens (tertiary/aromatic N) is 3. The van der Waals surface area contributed by atoms with E-state index in [1.807, 2.05) is 35.0 Å². The Morgan fingerprint density at radius 2 is 1.81 bits per heavy atom. The van der Waals surface area contributed by atoms with Crippen LogP contribution in [0.5, 0.6) is 0 Å². The van der Waals surface area contributed by atoms with E-state index < -0.39 is 4.92 Å². The minimum atomic E-state index is -0.424. The number of nitrogens with one attached hydrogen (secondary N) is 1. The van der Waals surface area contributed by atoms with Crippen molar-refractivity contribution < 1.29 is 9.72 Å². The maximum absolute atomic E-state index is 12.0. The van der Waals surface area contributed by atoms with Crippen LogP contribution in [0.25, 0.3) is 5.69 Å². The van der Waals surface area contributed by atoms with Crippen LogP contribution in [-0.4, -0.2) is 26.1 Å². The summed E-state index contributed by atoms with van der Waals surface area (Å²) in [4.78, 5) is 26.2. The number of thioether (sulfide) groups is 1. The molecule has 3 aromatic rings. The SMILES string of the molecule is O=C(CSCc1ccc([N+](=O)[O-])cc1)NCc1ccc(-n2ccnc2)cc1. The van der Waals surface area contributed by atoms with Gasteiger partial charge in [0.05, 0.1) is 17.0 Å². The predicted octanol–water partition coefficient (Wildman–Crippen LogP) is 3.33. The van der Waals surface area contributed by atoms with Gasteiger partial charge in [-0.25, -0.2) is 4.98 Å². The quantitative estimate of drug-likeness (QED) is 0.477. The molecule has 0 saturated carbocycles. The molecule has 0 unspecified atom stereocenters. The molecule has 138 valence electrons. The monoisotopic (exact) mass is 382 g/mol. The van der Waals surface area contributed by atoms with E-state index in [1.54, 1.807) is 24.7 Å². The summed E-state index contributed by atoms with van der Waals surface area (Å²) in [7, 11) is 0. The average Bonchev–Trinajstić information content (AvgIpc) is 3.22. The number of carbonyl (C=O) groups excluding carboxylic acids is 1.